The smallest absolute Gasteiger partial charge is 0.475 e. The Balaban J connectivity index is 0.000000293. The van der Waals surface area contributed by atoms with E-state index < -0.39 is 19.3 Å². The maximum Gasteiger partial charge on any atom is 0.490 e. The molecule has 4 nitrogen and oxygen atoms in total. The highest BCUT2D eigenvalue weighted by atomic mass is 31.2. The summed E-state index contributed by atoms with van der Waals surface area (Å²) in [5.41, 5.74) is 0. The second-order valence-corrected chi connectivity index (χ2v) is 7.60. The maximum absolute atomic E-state index is 11.2. The molecule has 0 amide bonds. The van der Waals surface area contributed by atoms with E-state index in [1.807, 2.05) is 13.3 Å². The maximum atomic E-state index is 11.2. The zero-order valence-corrected chi connectivity index (χ0v) is 9.94. The van der Waals surface area contributed by atoms with Gasteiger partial charge in [-0.15, -0.1) is 0 Å². The van der Waals surface area contributed by atoms with Gasteiger partial charge in [-0.25, -0.2) is 4.79 Å². The Labute approximate surface area is 91.6 Å². The summed E-state index contributed by atoms with van der Waals surface area (Å²) in [6, 6.07) is 0. The topological polar surface area (TPSA) is 66.4 Å². The molecule has 0 saturated carbocycles. The van der Waals surface area contributed by atoms with Crippen molar-refractivity contribution in [3.63, 3.8) is 0 Å². The van der Waals surface area contributed by atoms with Crippen LogP contribution in [0.5, 0.6) is 0 Å². The summed E-state index contributed by atoms with van der Waals surface area (Å²) in [7, 11) is -1.73. The van der Waals surface area contributed by atoms with E-state index in [4.69, 9.17) is 9.90 Å². The fraction of sp³-hybridized carbons (Fsp3) is 0.875. The first-order chi connectivity index (χ1) is 7.02. The molecular weight excluding hydrogens is 246 g/mol. The summed E-state index contributed by atoms with van der Waals surface area (Å²) in [4.78, 5) is 8.90. The Morgan fingerprint density at radius 3 is 1.88 bits per heavy atom. The van der Waals surface area contributed by atoms with Crippen LogP contribution < -0.4 is 5.32 Å². The van der Waals surface area contributed by atoms with Gasteiger partial charge in [0.2, 0.25) is 0 Å². The zero-order chi connectivity index (χ0) is 13.0. The predicted molar refractivity (Wildman–Crippen MR) is 54.4 cm³/mol. The molecule has 0 aromatic heterocycles. The van der Waals surface area contributed by atoms with Gasteiger partial charge < -0.3 is 15.0 Å². The van der Waals surface area contributed by atoms with Crippen molar-refractivity contribution in [1.82, 2.24) is 5.32 Å². The minimum atomic E-state index is -5.08. The standard InChI is InChI=1S/C6H14NOP.C2HF3O2/c1-9(2,8)5-6-3-7-4-6;3-2(4,5)1(6)7/h6-7H,3-5H2,1-2H3;(H,6,7). The van der Waals surface area contributed by atoms with Crippen LogP contribution in [-0.2, 0) is 9.36 Å². The number of nitrogens with one attached hydrogen (secondary N) is 1. The highest BCUT2D eigenvalue weighted by Crippen LogP contribution is 2.38. The molecular formula is C8H15F3NO3P. The molecule has 16 heavy (non-hydrogen) atoms. The van der Waals surface area contributed by atoms with Gasteiger partial charge in [-0.1, -0.05) is 0 Å². The third-order valence-corrected chi connectivity index (χ3v) is 3.20. The summed E-state index contributed by atoms with van der Waals surface area (Å²) in [6.45, 7) is 5.88. The van der Waals surface area contributed by atoms with E-state index in [1.165, 1.54) is 0 Å². The molecule has 1 aliphatic rings. The summed E-state index contributed by atoms with van der Waals surface area (Å²) >= 11 is 0. The van der Waals surface area contributed by atoms with Gasteiger partial charge in [-0.05, 0) is 32.3 Å². The lowest BCUT2D eigenvalue weighted by Crippen LogP contribution is -2.43. The Hall–Kier alpha value is -0.550. The van der Waals surface area contributed by atoms with Crippen LogP contribution in [0, 0.1) is 5.92 Å². The lowest BCUT2D eigenvalue weighted by Gasteiger charge is -2.28. The molecule has 0 aliphatic carbocycles. The molecule has 0 unspecified atom stereocenters. The quantitative estimate of drug-likeness (QED) is 0.738. The van der Waals surface area contributed by atoms with Crippen molar-refractivity contribution < 1.29 is 27.6 Å². The van der Waals surface area contributed by atoms with Crippen molar-refractivity contribution in [3.8, 4) is 0 Å². The number of rotatable bonds is 2. The predicted octanol–water partition coefficient (Wildman–Crippen LogP) is 1.46. The highest BCUT2D eigenvalue weighted by Gasteiger charge is 2.38. The van der Waals surface area contributed by atoms with Gasteiger partial charge in [-0.3, -0.25) is 0 Å². The number of carboxylic acid groups (broad SMARTS) is 1. The number of halogens is 3. The molecule has 0 radical (unpaired) electrons. The summed E-state index contributed by atoms with van der Waals surface area (Å²) in [5, 5.41) is 10.3. The molecule has 8 heteroatoms. The lowest BCUT2D eigenvalue weighted by molar-refractivity contribution is -0.192. The van der Waals surface area contributed by atoms with Crippen LogP contribution >= 0.6 is 7.14 Å². The van der Waals surface area contributed by atoms with E-state index in [9.17, 15) is 17.7 Å². The first-order valence-corrected chi connectivity index (χ1v) is 7.36. The van der Waals surface area contributed by atoms with Crippen LogP contribution in [0.2, 0.25) is 0 Å². The zero-order valence-electron chi connectivity index (χ0n) is 9.04. The SMILES string of the molecule is CP(C)(=O)CC1CNC1.O=C(O)C(F)(F)F. The molecule has 1 heterocycles. The molecule has 1 aliphatic heterocycles. The molecule has 1 rings (SSSR count). The number of hydrogen-bond donors (Lipinski definition) is 2. The Morgan fingerprint density at radius 2 is 1.81 bits per heavy atom. The van der Waals surface area contributed by atoms with E-state index in [0.29, 0.717) is 5.92 Å². The number of hydrogen-bond acceptors (Lipinski definition) is 3. The molecule has 1 fully saturated rings. The van der Waals surface area contributed by atoms with Gasteiger partial charge in [0.1, 0.15) is 0 Å². The first-order valence-electron chi connectivity index (χ1n) is 4.57. The van der Waals surface area contributed by atoms with E-state index in [-0.39, 0.29) is 0 Å². The van der Waals surface area contributed by atoms with Gasteiger partial charge >= 0.3 is 12.1 Å². The molecule has 0 spiro atoms. The molecule has 0 aromatic carbocycles. The minimum Gasteiger partial charge on any atom is -0.475 e. The van der Waals surface area contributed by atoms with Crippen molar-refractivity contribution in [1.29, 1.82) is 0 Å². The van der Waals surface area contributed by atoms with Crippen LogP contribution in [0.15, 0.2) is 0 Å². The van der Waals surface area contributed by atoms with Crippen molar-refractivity contribution >= 4 is 13.1 Å². The van der Waals surface area contributed by atoms with E-state index in [2.05, 4.69) is 5.32 Å². The molecule has 0 atom stereocenters. The monoisotopic (exact) mass is 261 g/mol. The molecule has 2 N–H and O–H groups in total. The fourth-order valence-corrected chi connectivity index (χ4v) is 2.60. The van der Waals surface area contributed by atoms with Crippen molar-refractivity contribution in [2.24, 2.45) is 5.92 Å². The average molecular weight is 261 g/mol. The highest BCUT2D eigenvalue weighted by molar-refractivity contribution is 7.62. The number of carboxylic acids is 1. The Morgan fingerprint density at radius 1 is 1.44 bits per heavy atom. The first kappa shape index (κ1) is 15.4. The molecule has 96 valence electrons. The van der Waals surface area contributed by atoms with Gasteiger partial charge in [0, 0.05) is 6.16 Å². The van der Waals surface area contributed by atoms with Gasteiger partial charge in [0.25, 0.3) is 0 Å². The average Bonchev–Trinajstić information content (AvgIpc) is 1.95. The third kappa shape index (κ3) is 7.70. The van der Waals surface area contributed by atoms with Crippen LogP contribution in [0.25, 0.3) is 0 Å². The molecule has 0 aromatic rings. The van der Waals surface area contributed by atoms with E-state index >= 15 is 0 Å². The second kappa shape index (κ2) is 5.68. The number of carbonyl (C=O) groups is 1. The van der Waals surface area contributed by atoms with Crippen LogP contribution in [0.4, 0.5) is 13.2 Å². The summed E-state index contributed by atoms with van der Waals surface area (Å²) in [5.74, 6) is -2.06. The van der Waals surface area contributed by atoms with Crippen molar-refractivity contribution in [2.75, 3.05) is 32.6 Å². The molecule has 0 bridgehead atoms. The summed E-state index contributed by atoms with van der Waals surface area (Å²) in [6.07, 6.45) is -4.15. The minimum absolute atomic E-state index is 0.700. The summed E-state index contributed by atoms with van der Waals surface area (Å²) < 4.78 is 42.9. The third-order valence-electron chi connectivity index (χ3n) is 1.81. The van der Waals surface area contributed by atoms with Gasteiger partial charge in [0.05, 0.1) is 7.14 Å². The van der Waals surface area contributed by atoms with Crippen LogP contribution in [0.3, 0.4) is 0 Å². The van der Waals surface area contributed by atoms with Crippen molar-refractivity contribution in [3.05, 3.63) is 0 Å². The fourth-order valence-electron chi connectivity index (χ4n) is 1.10. The van der Waals surface area contributed by atoms with Crippen LogP contribution in [0.1, 0.15) is 0 Å². The normalized spacial score (nSPS) is 17.1. The van der Waals surface area contributed by atoms with Gasteiger partial charge in [-0.2, -0.15) is 13.2 Å². The lowest BCUT2D eigenvalue weighted by atomic mass is 10.1. The largest absolute Gasteiger partial charge is 0.490 e. The number of alkyl halides is 3. The van der Waals surface area contributed by atoms with Crippen LogP contribution in [-0.4, -0.2) is 49.8 Å². The number of aliphatic carboxylic acids is 1. The second-order valence-electron chi connectivity index (χ2n) is 4.08. The Bertz CT molecular complexity index is 283. The van der Waals surface area contributed by atoms with Gasteiger partial charge in [0.15, 0.2) is 0 Å². The van der Waals surface area contributed by atoms with E-state index in [0.717, 1.165) is 19.3 Å². The molecule has 1 saturated heterocycles. The van der Waals surface area contributed by atoms with E-state index in [1.54, 1.807) is 0 Å². The van der Waals surface area contributed by atoms with Crippen molar-refractivity contribution in [2.45, 2.75) is 6.18 Å². The Kier molecular flexibility index (Phi) is 5.49.